The van der Waals surface area contributed by atoms with Crippen LogP contribution in [0, 0.1) is 0 Å². The number of benzene rings is 2. The van der Waals surface area contributed by atoms with E-state index in [1.54, 1.807) is 18.2 Å². The average Bonchev–Trinajstić information content (AvgIpc) is 2.49. The van der Waals surface area contributed by atoms with Gasteiger partial charge in [-0.25, -0.2) is 0 Å². The molecule has 0 spiro atoms. The van der Waals surface area contributed by atoms with Crippen LogP contribution in [0.2, 0.25) is 10.0 Å². The van der Waals surface area contributed by atoms with Gasteiger partial charge in [-0.3, -0.25) is 0 Å². The molecule has 0 fully saturated rings. The lowest BCUT2D eigenvalue weighted by Gasteiger charge is -2.08. The highest BCUT2D eigenvalue weighted by molar-refractivity contribution is 6.42. The maximum Gasteiger partial charge on any atom is 0.163 e. The van der Waals surface area contributed by atoms with E-state index in [4.69, 9.17) is 27.9 Å². The fraction of sp³-hybridized carbons (Fsp3) is 0.143. The van der Waals surface area contributed by atoms with Gasteiger partial charge in [0.2, 0.25) is 0 Å². The molecule has 2 aromatic carbocycles. The predicted octanol–water partition coefficient (Wildman–Crippen LogP) is 4.62. The van der Waals surface area contributed by atoms with E-state index in [1.807, 2.05) is 0 Å². The van der Waals surface area contributed by atoms with Gasteiger partial charge in [0, 0.05) is 11.6 Å². The Hall–Kier alpha value is -1.82. The molecule has 0 aromatic heterocycles. The molecule has 21 heavy (non-hydrogen) atoms. The largest absolute Gasteiger partial charge is 0.504 e. The van der Waals surface area contributed by atoms with Crippen molar-refractivity contribution in [1.29, 1.82) is 0 Å². The summed E-state index contributed by atoms with van der Waals surface area (Å²) in [5, 5.41) is 27.8. The standard InChI is InChI=1S/C14H12Cl2N2O3/c1-21-13-6-10(4-8(7-19)14(13)20)18-17-9-2-3-11(15)12(16)5-9/h2-6,19-20H,7H2,1H3. The van der Waals surface area contributed by atoms with E-state index in [9.17, 15) is 10.2 Å². The molecule has 110 valence electrons. The summed E-state index contributed by atoms with van der Waals surface area (Å²) in [6.45, 7) is -0.335. The van der Waals surface area contributed by atoms with Crippen LogP contribution in [0.3, 0.4) is 0 Å². The molecule has 0 amide bonds. The van der Waals surface area contributed by atoms with E-state index in [2.05, 4.69) is 10.2 Å². The zero-order valence-corrected chi connectivity index (χ0v) is 12.6. The van der Waals surface area contributed by atoms with Gasteiger partial charge in [0.25, 0.3) is 0 Å². The fourth-order valence-corrected chi connectivity index (χ4v) is 1.94. The van der Waals surface area contributed by atoms with Gasteiger partial charge in [0.15, 0.2) is 11.5 Å². The molecule has 7 heteroatoms. The molecule has 0 saturated heterocycles. The number of aromatic hydroxyl groups is 1. The van der Waals surface area contributed by atoms with Crippen molar-refractivity contribution in [1.82, 2.24) is 0 Å². The third kappa shape index (κ3) is 3.64. The van der Waals surface area contributed by atoms with E-state index in [1.165, 1.54) is 19.2 Å². The number of nitrogens with zero attached hydrogens (tertiary/aromatic N) is 2. The first kappa shape index (κ1) is 15.6. The van der Waals surface area contributed by atoms with E-state index in [0.29, 0.717) is 27.0 Å². The van der Waals surface area contributed by atoms with Crippen molar-refractivity contribution in [2.45, 2.75) is 6.61 Å². The van der Waals surface area contributed by atoms with Gasteiger partial charge in [-0.05, 0) is 24.3 Å². The Morgan fingerprint density at radius 2 is 1.76 bits per heavy atom. The average molecular weight is 327 g/mol. The van der Waals surface area contributed by atoms with Gasteiger partial charge in [0.05, 0.1) is 35.1 Å². The molecule has 0 unspecified atom stereocenters. The van der Waals surface area contributed by atoms with E-state index >= 15 is 0 Å². The van der Waals surface area contributed by atoms with Crippen LogP contribution in [0.1, 0.15) is 5.56 Å². The second kappa shape index (κ2) is 6.76. The van der Waals surface area contributed by atoms with Crippen molar-refractivity contribution in [3.63, 3.8) is 0 Å². The van der Waals surface area contributed by atoms with Crippen LogP contribution in [0.25, 0.3) is 0 Å². The number of phenols is 1. The first-order valence-corrected chi connectivity index (χ1v) is 6.68. The highest BCUT2D eigenvalue weighted by atomic mass is 35.5. The van der Waals surface area contributed by atoms with Gasteiger partial charge in [-0.15, -0.1) is 0 Å². The smallest absolute Gasteiger partial charge is 0.163 e. The Kier molecular flexibility index (Phi) is 5.01. The van der Waals surface area contributed by atoms with Gasteiger partial charge < -0.3 is 14.9 Å². The van der Waals surface area contributed by atoms with Crippen LogP contribution in [-0.4, -0.2) is 17.3 Å². The van der Waals surface area contributed by atoms with Gasteiger partial charge in [0.1, 0.15) is 0 Å². The third-order valence-corrected chi connectivity index (χ3v) is 3.45. The molecule has 0 heterocycles. The van der Waals surface area contributed by atoms with Crippen LogP contribution in [0.15, 0.2) is 40.6 Å². The van der Waals surface area contributed by atoms with Crippen LogP contribution in [0.5, 0.6) is 11.5 Å². The van der Waals surface area contributed by atoms with Crippen molar-refractivity contribution >= 4 is 34.6 Å². The van der Waals surface area contributed by atoms with Crippen LogP contribution in [0.4, 0.5) is 11.4 Å². The second-order valence-corrected chi connectivity index (χ2v) is 4.93. The molecule has 0 atom stereocenters. The lowest BCUT2D eigenvalue weighted by atomic mass is 10.1. The van der Waals surface area contributed by atoms with Crippen LogP contribution in [-0.2, 0) is 6.61 Å². The summed E-state index contributed by atoms with van der Waals surface area (Å²) in [6.07, 6.45) is 0. The third-order valence-electron chi connectivity index (χ3n) is 2.71. The molecule has 2 aromatic rings. The number of azo groups is 1. The molecular weight excluding hydrogens is 315 g/mol. The molecule has 5 nitrogen and oxygen atoms in total. The number of hydrogen-bond acceptors (Lipinski definition) is 5. The summed E-state index contributed by atoms with van der Waals surface area (Å²) in [5.41, 5.74) is 1.26. The summed E-state index contributed by atoms with van der Waals surface area (Å²) in [6, 6.07) is 7.89. The van der Waals surface area contributed by atoms with Crippen molar-refractivity contribution in [2.75, 3.05) is 7.11 Å². The Morgan fingerprint density at radius 1 is 1.05 bits per heavy atom. The Labute approximate surface area is 131 Å². The van der Waals surface area contributed by atoms with Gasteiger partial charge >= 0.3 is 0 Å². The molecule has 0 saturated carbocycles. The van der Waals surface area contributed by atoms with E-state index in [0.717, 1.165) is 0 Å². The number of ether oxygens (including phenoxy) is 1. The summed E-state index contributed by atoms with van der Waals surface area (Å²) >= 11 is 11.7. The first-order valence-electron chi connectivity index (χ1n) is 5.92. The number of aliphatic hydroxyl groups excluding tert-OH is 1. The lowest BCUT2D eigenvalue weighted by molar-refractivity contribution is 0.272. The van der Waals surface area contributed by atoms with Crippen LogP contribution >= 0.6 is 23.2 Å². The van der Waals surface area contributed by atoms with E-state index in [-0.39, 0.29) is 18.1 Å². The Balaban J connectivity index is 2.34. The van der Waals surface area contributed by atoms with E-state index < -0.39 is 0 Å². The molecule has 0 aliphatic heterocycles. The highest BCUT2D eigenvalue weighted by Crippen LogP contribution is 2.35. The summed E-state index contributed by atoms with van der Waals surface area (Å²) in [5.74, 6) is 0.0955. The number of halogens is 2. The van der Waals surface area contributed by atoms with Crippen LogP contribution < -0.4 is 4.74 Å². The summed E-state index contributed by atoms with van der Waals surface area (Å²) in [7, 11) is 1.41. The summed E-state index contributed by atoms with van der Waals surface area (Å²) < 4.78 is 5.01. The SMILES string of the molecule is COc1cc(N=Nc2ccc(Cl)c(Cl)c2)cc(CO)c1O. The lowest BCUT2D eigenvalue weighted by Crippen LogP contribution is -1.89. The van der Waals surface area contributed by atoms with Crippen molar-refractivity contribution < 1.29 is 14.9 Å². The van der Waals surface area contributed by atoms with Crippen molar-refractivity contribution in [3.8, 4) is 11.5 Å². The maximum atomic E-state index is 9.78. The molecule has 2 rings (SSSR count). The second-order valence-electron chi connectivity index (χ2n) is 4.11. The summed E-state index contributed by atoms with van der Waals surface area (Å²) in [4.78, 5) is 0. The van der Waals surface area contributed by atoms with Crippen molar-refractivity contribution in [2.24, 2.45) is 10.2 Å². The Bertz CT molecular complexity index is 665. The fourth-order valence-electron chi connectivity index (χ4n) is 1.65. The topological polar surface area (TPSA) is 74.4 Å². The normalized spacial score (nSPS) is 11.0. The number of methoxy groups -OCH3 is 1. The number of hydrogen-bond donors (Lipinski definition) is 2. The first-order chi connectivity index (χ1) is 10.0. The molecular formula is C14H12Cl2N2O3. The molecule has 0 bridgehead atoms. The monoisotopic (exact) mass is 326 g/mol. The molecule has 0 aliphatic rings. The maximum absolute atomic E-state index is 9.78. The number of aliphatic hydroxyl groups is 1. The molecule has 0 aliphatic carbocycles. The quantitative estimate of drug-likeness (QED) is 0.805. The molecule has 0 radical (unpaired) electrons. The highest BCUT2D eigenvalue weighted by Gasteiger charge is 2.09. The predicted molar refractivity (Wildman–Crippen MR) is 81.2 cm³/mol. The minimum Gasteiger partial charge on any atom is -0.504 e. The van der Waals surface area contributed by atoms with Gasteiger partial charge in [-0.2, -0.15) is 10.2 Å². The minimum atomic E-state index is -0.335. The zero-order chi connectivity index (χ0) is 15.4. The Morgan fingerprint density at radius 3 is 2.38 bits per heavy atom. The molecule has 2 N–H and O–H groups in total. The number of rotatable bonds is 4. The van der Waals surface area contributed by atoms with Crippen molar-refractivity contribution in [3.05, 3.63) is 45.9 Å². The zero-order valence-electron chi connectivity index (χ0n) is 11.0. The van der Waals surface area contributed by atoms with Gasteiger partial charge in [-0.1, -0.05) is 23.2 Å². The minimum absolute atomic E-state index is 0.117.